The van der Waals surface area contributed by atoms with Crippen molar-refractivity contribution >= 4 is 23.0 Å². The Morgan fingerprint density at radius 3 is 2.59 bits per heavy atom. The molecular formula is C28H29N3O3. The molecule has 3 heterocycles. The third kappa shape index (κ3) is 3.59. The van der Waals surface area contributed by atoms with Gasteiger partial charge in [0.05, 0.1) is 18.5 Å². The molecule has 2 N–H and O–H groups in total. The summed E-state index contributed by atoms with van der Waals surface area (Å²) < 4.78 is 12.2. The molecule has 34 heavy (non-hydrogen) atoms. The molecule has 0 aromatic heterocycles. The Bertz CT molecular complexity index is 1250. The van der Waals surface area contributed by atoms with Gasteiger partial charge in [-0.25, -0.2) is 0 Å². The zero-order valence-electron chi connectivity index (χ0n) is 19.5. The maximum Gasteiger partial charge on any atom is 0.221 e. The van der Waals surface area contributed by atoms with Crippen LogP contribution in [-0.2, 0) is 4.79 Å². The molecule has 6 heteroatoms. The summed E-state index contributed by atoms with van der Waals surface area (Å²) in [5.74, 6) is 2.20. The van der Waals surface area contributed by atoms with E-state index < -0.39 is 0 Å². The lowest BCUT2D eigenvalue weighted by atomic mass is 9.95. The predicted molar refractivity (Wildman–Crippen MR) is 134 cm³/mol. The van der Waals surface area contributed by atoms with E-state index in [1.165, 1.54) is 19.8 Å². The van der Waals surface area contributed by atoms with Gasteiger partial charge in [-0.1, -0.05) is 30.3 Å². The standard InChI is InChI=1S/C28H29N3O3/c1-17(32)29-23-7-4-3-6-22(23)18-10-13-24-27(14-18)34-28-25(8-5-9-26(28)33-2)31(24)21-15-19-11-12-20(16-21)30-19/h3-10,13-14,19-21,30H,11-12,15-16H2,1-2H3,(H,29,32)/t19-,20+,21+. The molecule has 0 radical (unpaired) electrons. The fourth-order valence-corrected chi connectivity index (χ4v) is 5.82. The van der Waals surface area contributed by atoms with Crippen molar-refractivity contribution in [1.82, 2.24) is 5.32 Å². The third-order valence-electron chi connectivity index (χ3n) is 7.23. The molecule has 3 aliphatic heterocycles. The van der Waals surface area contributed by atoms with Crippen molar-refractivity contribution in [1.29, 1.82) is 0 Å². The van der Waals surface area contributed by atoms with Crippen LogP contribution in [0, 0.1) is 0 Å². The van der Waals surface area contributed by atoms with Gasteiger partial charge in [0.1, 0.15) is 0 Å². The average Bonchev–Trinajstić information content (AvgIpc) is 3.19. The van der Waals surface area contributed by atoms with E-state index in [-0.39, 0.29) is 5.91 Å². The Kier molecular flexibility index (Phi) is 5.18. The van der Waals surface area contributed by atoms with E-state index in [1.807, 2.05) is 36.4 Å². The summed E-state index contributed by atoms with van der Waals surface area (Å²) in [6, 6.07) is 21.9. The van der Waals surface area contributed by atoms with Crippen molar-refractivity contribution in [3.63, 3.8) is 0 Å². The molecule has 0 spiro atoms. The molecule has 6 rings (SSSR count). The second-order valence-electron chi connectivity index (χ2n) is 9.45. The normalized spacial score (nSPS) is 22.4. The number of benzene rings is 3. The highest BCUT2D eigenvalue weighted by Crippen LogP contribution is 2.54. The number of ether oxygens (including phenoxy) is 2. The van der Waals surface area contributed by atoms with Crippen LogP contribution < -0.4 is 25.0 Å². The highest BCUT2D eigenvalue weighted by Gasteiger charge is 2.40. The number of carbonyl (C=O) groups is 1. The molecule has 6 nitrogen and oxygen atoms in total. The molecular weight excluding hydrogens is 426 g/mol. The molecule has 0 saturated carbocycles. The Balaban J connectivity index is 1.46. The fourth-order valence-electron chi connectivity index (χ4n) is 5.82. The van der Waals surface area contributed by atoms with Crippen LogP contribution in [-0.4, -0.2) is 31.1 Å². The molecule has 0 aliphatic carbocycles. The highest BCUT2D eigenvalue weighted by molar-refractivity contribution is 5.95. The van der Waals surface area contributed by atoms with Crippen molar-refractivity contribution in [2.45, 2.75) is 50.7 Å². The van der Waals surface area contributed by atoms with E-state index in [9.17, 15) is 4.79 Å². The van der Waals surface area contributed by atoms with Gasteiger partial charge in [0, 0.05) is 36.3 Å². The zero-order chi connectivity index (χ0) is 23.2. The predicted octanol–water partition coefficient (Wildman–Crippen LogP) is 5.85. The number of rotatable bonds is 4. The maximum absolute atomic E-state index is 11.8. The van der Waals surface area contributed by atoms with Crippen molar-refractivity contribution in [2.24, 2.45) is 0 Å². The molecule has 3 aromatic rings. The van der Waals surface area contributed by atoms with Crippen LogP contribution >= 0.6 is 0 Å². The Morgan fingerprint density at radius 1 is 1.03 bits per heavy atom. The Morgan fingerprint density at radius 2 is 1.82 bits per heavy atom. The van der Waals surface area contributed by atoms with Gasteiger partial charge in [0.15, 0.2) is 17.2 Å². The topological polar surface area (TPSA) is 62.8 Å². The number of methoxy groups -OCH3 is 1. The molecule has 3 atom stereocenters. The molecule has 3 aliphatic rings. The van der Waals surface area contributed by atoms with Crippen molar-refractivity contribution < 1.29 is 14.3 Å². The van der Waals surface area contributed by atoms with Crippen LogP contribution in [0.25, 0.3) is 11.1 Å². The van der Waals surface area contributed by atoms with Gasteiger partial charge >= 0.3 is 0 Å². The summed E-state index contributed by atoms with van der Waals surface area (Å²) in [7, 11) is 1.68. The highest BCUT2D eigenvalue weighted by atomic mass is 16.5. The van der Waals surface area contributed by atoms with E-state index >= 15 is 0 Å². The average molecular weight is 456 g/mol. The minimum absolute atomic E-state index is 0.0907. The van der Waals surface area contributed by atoms with Gasteiger partial charge in [-0.2, -0.15) is 0 Å². The second-order valence-corrected chi connectivity index (χ2v) is 9.45. The van der Waals surface area contributed by atoms with Crippen LogP contribution in [0.15, 0.2) is 60.7 Å². The van der Waals surface area contributed by atoms with Crippen LogP contribution in [0.3, 0.4) is 0 Å². The van der Waals surface area contributed by atoms with Crippen molar-refractivity contribution in [2.75, 3.05) is 17.3 Å². The van der Waals surface area contributed by atoms with Crippen LogP contribution in [0.4, 0.5) is 17.1 Å². The number of nitrogens with one attached hydrogen (secondary N) is 2. The largest absolute Gasteiger partial charge is 0.493 e. The van der Waals surface area contributed by atoms with E-state index in [4.69, 9.17) is 9.47 Å². The summed E-state index contributed by atoms with van der Waals surface area (Å²) in [5.41, 5.74) is 4.88. The van der Waals surface area contributed by atoms with Gasteiger partial charge in [0.25, 0.3) is 0 Å². The number of hydrogen-bond donors (Lipinski definition) is 2. The summed E-state index contributed by atoms with van der Waals surface area (Å²) in [4.78, 5) is 14.2. The molecule has 3 aromatic carbocycles. The van der Waals surface area contributed by atoms with Crippen molar-refractivity contribution in [3.05, 3.63) is 60.7 Å². The summed E-state index contributed by atoms with van der Waals surface area (Å²) in [5, 5.41) is 6.71. The number of para-hydroxylation sites is 2. The summed E-state index contributed by atoms with van der Waals surface area (Å²) in [6.07, 6.45) is 4.73. The van der Waals surface area contributed by atoms with Crippen LogP contribution in [0.2, 0.25) is 0 Å². The Hall–Kier alpha value is -3.51. The first kappa shape index (κ1) is 21.1. The number of carbonyl (C=O) groups excluding carboxylic acids is 1. The lowest BCUT2D eigenvalue weighted by Gasteiger charge is -2.42. The van der Waals surface area contributed by atoms with Gasteiger partial charge < -0.3 is 25.0 Å². The third-order valence-corrected chi connectivity index (χ3v) is 7.23. The van der Waals surface area contributed by atoms with Crippen molar-refractivity contribution in [3.8, 4) is 28.4 Å². The first-order chi connectivity index (χ1) is 16.6. The van der Waals surface area contributed by atoms with Gasteiger partial charge in [-0.15, -0.1) is 0 Å². The van der Waals surface area contributed by atoms with Gasteiger partial charge in [-0.3, -0.25) is 4.79 Å². The van der Waals surface area contributed by atoms with Crippen LogP contribution in [0.5, 0.6) is 17.2 Å². The minimum atomic E-state index is -0.0907. The van der Waals surface area contributed by atoms with Crippen LogP contribution in [0.1, 0.15) is 32.6 Å². The minimum Gasteiger partial charge on any atom is -0.493 e. The quantitative estimate of drug-likeness (QED) is 0.517. The number of fused-ring (bicyclic) bond motifs is 4. The number of hydrogen-bond acceptors (Lipinski definition) is 5. The first-order valence-electron chi connectivity index (χ1n) is 12.0. The first-order valence-corrected chi connectivity index (χ1v) is 12.0. The number of anilines is 3. The molecule has 2 fully saturated rings. The zero-order valence-corrected chi connectivity index (χ0v) is 19.5. The fraction of sp³-hybridized carbons (Fsp3) is 0.321. The van der Waals surface area contributed by atoms with Gasteiger partial charge in [-0.05, 0) is 61.6 Å². The second kappa shape index (κ2) is 8.37. The van der Waals surface area contributed by atoms with E-state index in [0.717, 1.165) is 58.3 Å². The molecule has 1 amide bonds. The molecule has 2 bridgehead atoms. The number of nitrogens with zero attached hydrogens (tertiary/aromatic N) is 1. The number of piperidine rings is 1. The molecule has 174 valence electrons. The SMILES string of the molecule is COc1cccc2c1Oc1cc(-c3ccccc3NC(C)=O)ccc1N2[C@H]1C[C@H]2CC[C@@H](C1)N2. The van der Waals surface area contributed by atoms with E-state index in [0.29, 0.717) is 18.1 Å². The number of amides is 1. The van der Waals surface area contributed by atoms with E-state index in [2.05, 4.69) is 39.8 Å². The lowest BCUT2D eigenvalue weighted by molar-refractivity contribution is -0.114. The monoisotopic (exact) mass is 455 g/mol. The molecule has 0 unspecified atom stereocenters. The lowest BCUT2D eigenvalue weighted by Crippen LogP contribution is -2.47. The Labute approximate surface area is 199 Å². The molecule has 2 saturated heterocycles. The van der Waals surface area contributed by atoms with Gasteiger partial charge in [0.2, 0.25) is 5.91 Å². The van der Waals surface area contributed by atoms with E-state index in [1.54, 1.807) is 7.11 Å². The summed E-state index contributed by atoms with van der Waals surface area (Å²) >= 11 is 0. The smallest absolute Gasteiger partial charge is 0.221 e. The summed E-state index contributed by atoms with van der Waals surface area (Å²) in [6.45, 7) is 1.53. The maximum atomic E-state index is 11.8.